The van der Waals surface area contributed by atoms with Crippen molar-refractivity contribution in [3.8, 4) is 0 Å². The molecule has 4 nitrogen and oxygen atoms in total. The average Bonchev–Trinajstić information content (AvgIpc) is 2.74. The summed E-state index contributed by atoms with van der Waals surface area (Å²) >= 11 is 0. The van der Waals surface area contributed by atoms with Gasteiger partial charge < -0.3 is 9.80 Å². The SMILES string of the molecule is C[NH+](C)C[C@H](CCCC[C@@H](C[NH+](C)C)C(=O)c1ccccc1)C(=O)c1ccccc1. The van der Waals surface area contributed by atoms with E-state index < -0.39 is 0 Å². The Balaban J connectivity index is 1.95. The summed E-state index contributed by atoms with van der Waals surface area (Å²) in [6, 6.07) is 19.2. The van der Waals surface area contributed by atoms with E-state index in [2.05, 4.69) is 28.2 Å². The van der Waals surface area contributed by atoms with E-state index in [1.807, 2.05) is 60.7 Å². The van der Waals surface area contributed by atoms with Crippen LogP contribution in [0.4, 0.5) is 0 Å². The first-order chi connectivity index (χ1) is 14.4. The number of carbonyl (C=O) groups excluding carboxylic acids is 2. The smallest absolute Gasteiger partial charge is 0.171 e. The average molecular weight is 411 g/mol. The topological polar surface area (TPSA) is 43.0 Å². The van der Waals surface area contributed by atoms with E-state index in [4.69, 9.17) is 0 Å². The second kappa shape index (κ2) is 12.4. The highest BCUT2D eigenvalue weighted by molar-refractivity contribution is 5.98. The molecule has 0 spiro atoms. The minimum absolute atomic E-state index is 0.0279. The lowest BCUT2D eigenvalue weighted by Gasteiger charge is -2.20. The predicted molar refractivity (Wildman–Crippen MR) is 122 cm³/mol. The maximum absolute atomic E-state index is 13.0. The van der Waals surface area contributed by atoms with Crippen LogP contribution < -0.4 is 9.80 Å². The molecule has 0 heterocycles. The number of rotatable bonds is 13. The van der Waals surface area contributed by atoms with Crippen LogP contribution in [0.3, 0.4) is 0 Å². The van der Waals surface area contributed by atoms with Gasteiger partial charge in [-0.2, -0.15) is 0 Å². The highest BCUT2D eigenvalue weighted by atomic mass is 16.1. The van der Waals surface area contributed by atoms with Crippen LogP contribution in [0.25, 0.3) is 0 Å². The van der Waals surface area contributed by atoms with Gasteiger partial charge in [0.2, 0.25) is 0 Å². The Bertz CT molecular complexity index is 705. The molecule has 0 fully saturated rings. The van der Waals surface area contributed by atoms with E-state index in [0.717, 1.165) is 49.9 Å². The van der Waals surface area contributed by atoms with Gasteiger partial charge in [-0.1, -0.05) is 73.5 Å². The monoisotopic (exact) mass is 410 g/mol. The van der Waals surface area contributed by atoms with Crippen molar-refractivity contribution in [1.82, 2.24) is 0 Å². The number of hydrogen-bond acceptors (Lipinski definition) is 2. The molecule has 0 amide bonds. The molecule has 4 heteroatoms. The number of Topliss-reactive ketones (excluding diaryl/α,β-unsaturated/α-hetero) is 2. The van der Waals surface area contributed by atoms with E-state index in [9.17, 15) is 9.59 Å². The molecule has 0 saturated heterocycles. The summed E-state index contributed by atoms with van der Waals surface area (Å²) in [5.74, 6) is 0.540. The van der Waals surface area contributed by atoms with Crippen molar-refractivity contribution >= 4 is 11.6 Å². The van der Waals surface area contributed by atoms with Gasteiger partial charge in [-0.25, -0.2) is 0 Å². The Kier molecular flexibility index (Phi) is 9.92. The van der Waals surface area contributed by atoms with E-state index >= 15 is 0 Å². The van der Waals surface area contributed by atoms with Crippen molar-refractivity contribution in [1.29, 1.82) is 0 Å². The molecular formula is C26H38N2O2+2. The van der Waals surface area contributed by atoms with Crippen molar-refractivity contribution in [2.75, 3.05) is 41.3 Å². The zero-order chi connectivity index (χ0) is 21.9. The number of quaternary nitrogens is 2. The minimum Gasteiger partial charge on any atom is -0.339 e. The van der Waals surface area contributed by atoms with Gasteiger partial charge in [-0.15, -0.1) is 0 Å². The molecule has 2 N–H and O–H groups in total. The molecule has 0 aliphatic carbocycles. The third kappa shape index (κ3) is 7.85. The van der Waals surface area contributed by atoms with Gasteiger partial charge >= 0.3 is 0 Å². The maximum atomic E-state index is 13.0. The number of ketones is 2. The van der Waals surface area contributed by atoms with Gasteiger partial charge in [0.1, 0.15) is 0 Å². The fraction of sp³-hybridized carbons (Fsp3) is 0.462. The molecule has 2 rings (SSSR count). The van der Waals surface area contributed by atoms with Crippen LogP contribution in [0.5, 0.6) is 0 Å². The van der Waals surface area contributed by atoms with E-state index in [0.29, 0.717) is 0 Å². The number of hydrogen-bond donors (Lipinski definition) is 2. The third-order valence-corrected chi connectivity index (χ3v) is 5.52. The van der Waals surface area contributed by atoms with Gasteiger partial charge in [0.15, 0.2) is 11.6 Å². The summed E-state index contributed by atoms with van der Waals surface area (Å²) in [7, 11) is 8.39. The van der Waals surface area contributed by atoms with E-state index in [1.165, 1.54) is 9.80 Å². The largest absolute Gasteiger partial charge is 0.339 e. The summed E-state index contributed by atoms with van der Waals surface area (Å²) in [6.45, 7) is 1.67. The molecule has 0 bridgehead atoms. The number of carbonyl (C=O) groups is 2. The van der Waals surface area contributed by atoms with Crippen molar-refractivity contribution in [3.63, 3.8) is 0 Å². The Morgan fingerprint density at radius 3 is 1.27 bits per heavy atom. The standard InChI is InChI=1S/C26H36N2O2/c1-27(2)19-23(25(29)21-13-7-5-8-14-21)17-11-12-18-24(20-28(3)4)26(30)22-15-9-6-10-16-22/h5-10,13-16,23-24H,11-12,17-20H2,1-4H3/p+2/t23-,24-/m0/s1. The molecule has 30 heavy (non-hydrogen) atoms. The first kappa shape index (κ1) is 24.0. The van der Waals surface area contributed by atoms with Crippen LogP contribution in [0.2, 0.25) is 0 Å². The van der Waals surface area contributed by atoms with Crippen molar-refractivity contribution in [2.45, 2.75) is 25.7 Å². The summed E-state index contributed by atoms with van der Waals surface area (Å²) in [5.41, 5.74) is 1.61. The third-order valence-electron chi connectivity index (χ3n) is 5.52. The summed E-state index contributed by atoms with van der Waals surface area (Å²) < 4.78 is 0. The molecule has 0 saturated carbocycles. The molecule has 162 valence electrons. The minimum atomic E-state index is 0.0279. The lowest BCUT2D eigenvalue weighted by atomic mass is 9.88. The molecule has 2 aromatic rings. The van der Waals surface area contributed by atoms with Crippen molar-refractivity contribution in [3.05, 3.63) is 71.8 Å². The molecule has 0 aliphatic rings. The highest BCUT2D eigenvalue weighted by Crippen LogP contribution is 2.19. The summed E-state index contributed by atoms with van der Waals surface area (Å²) in [4.78, 5) is 28.5. The predicted octanol–water partition coefficient (Wildman–Crippen LogP) is 1.83. The zero-order valence-corrected chi connectivity index (χ0v) is 19.0. The van der Waals surface area contributed by atoms with Crippen LogP contribution in [-0.2, 0) is 0 Å². The second-order valence-electron chi connectivity index (χ2n) is 8.96. The van der Waals surface area contributed by atoms with Gasteiger partial charge in [-0.05, 0) is 12.8 Å². The lowest BCUT2D eigenvalue weighted by Crippen LogP contribution is -3.06. The summed E-state index contributed by atoms with van der Waals surface area (Å²) in [5, 5.41) is 0. The van der Waals surface area contributed by atoms with Crippen molar-refractivity contribution in [2.24, 2.45) is 11.8 Å². The molecule has 2 aromatic carbocycles. The quantitative estimate of drug-likeness (QED) is 0.391. The van der Waals surface area contributed by atoms with Gasteiger partial charge in [-0.3, -0.25) is 9.59 Å². The maximum Gasteiger partial charge on any atom is 0.171 e. The van der Waals surface area contributed by atoms with Crippen LogP contribution in [0.1, 0.15) is 46.4 Å². The van der Waals surface area contributed by atoms with E-state index in [1.54, 1.807) is 0 Å². The Labute approximate surface area is 181 Å². The highest BCUT2D eigenvalue weighted by Gasteiger charge is 2.25. The second-order valence-corrected chi connectivity index (χ2v) is 8.96. The van der Waals surface area contributed by atoms with Crippen LogP contribution >= 0.6 is 0 Å². The Morgan fingerprint density at radius 1 is 0.633 bits per heavy atom. The Hall–Kier alpha value is -2.30. The van der Waals surface area contributed by atoms with Crippen LogP contribution in [0, 0.1) is 11.8 Å². The molecule has 0 aromatic heterocycles. The molecule has 0 radical (unpaired) electrons. The van der Waals surface area contributed by atoms with Crippen molar-refractivity contribution < 1.29 is 19.4 Å². The fourth-order valence-corrected chi connectivity index (χ4v) is 4.10. The lowest BCUT2D eigenvalue weighted by molar-refractivity contribution is -0.861. The van der Waals surface area contributed by atoms with E-state index in [-0.39, 0.29) is 23.4 Å². The van der Waals surface area contributed by atoms with Crippen LogP contribution in [-0.4, -0.2) is 52.8 Å². The normalized spacial score (nSPS) is 13.4. The molecule has 0 aliphatic heterocycles. The summed E-state index contributed by atoms with van der Waals surface area (Å²) in [6.07, 6.45) is 3.69. The van der Waals surface area contributed by atoms with Gasteiger partial charge in [0.05, 0.1) is 53.1 Å². The van der Waals surface area contributed by atoms with Gasteiger partial charge in [0, 0.05) is 11.1 Å². The zero-order valence-electron chi connectivity index (χ0n) is 19.0. The number of unbranched alkanes of at least 4 members (excludes halogenated alkanes) is 1. The molecule has 0 unspecified atom stereocenters. The molecule has 2 atom stereocenters. The number of nitrogens with one attached hydrogen (secondary N) is 2. The molecular weight excluding hydrogens is 372 g/mol. The van der Waals surface area contributed by atoms with Crippen LogP contribution in [0.15, 0.2) is 60.7 Å². The number of benzene rings is 2. The van der Waals surface area contributed by atoms with Gasteiger partial charge in [0.25, 0.3) is 0 Å². The first-order valence-electron chi connectivity index (χ1n) is 11.1. The first-order valence-corrected chi connectivity index (χ1v) is 11.1. The fourth-order valence-electron chi connectivity index (χ4n) is 4.10. The Morgan fingerprint density at radius 2 is 0.967 bits per heavy atom.